The Morgan fingerprint density at radius 3 is 2.88 bits per heavy atom. The maximum absolute atomic E-state index is 12.1. The molecule has 0 saturated carbocycles. The number of nitrogen functional groups attached to an aromatic ring is 1. The molecule has 3 heterocycles. The van der Waals surface area contributed by atoms with Crippen molar-refractivity contribution in [2.75, 3.05) is 18.8 Å². The topological polar surface area (TPSA) is 174 Å². The van der Waals surface area contributed by atoms with Crippen LogP contribution in [-0.4, -0.2) is 67.0 Å². The number of hydrogen-bond donors (Lipinski definition) is 5. The van der Waals surface area contributed by atoms with E-state index in [-0.39, 0.29) is 5.82 Å². The number of hydrogen-bond acceptors (Lipinski definition) is 9. The minimum atomic E-state index is -1.38. The van der Waals surface area contributed by atoms with Gasteiger partial charge in [-0.05, 0) is 13.0 Å². The molecule has 3 rings (SSSR count). The van der Waals surface area contributed by atoms with E-state index in [0.717, 1.165) is 0 Å². The maximum Gasteiger partial charge on any atom is 0.252 e. The first-order chi connectivity index (χ1) is 11.5. The molecule has 1 aliphatic heterocycles. The summed E-state index contributed by atoms with van der Waals surface area (Å²) in [7, 11) is 0. The fourth-order valence-electron chi connectivity index (χ4n) is 2.58. The van der Waals surface area contributed by atoms with Gasteiger partial charge in [0, 0.05) is 6.54 Å². The predicted octanol–water partition coefficient (Wildman–Crippen LogP) is -2.51. The third-order valence-corrected chi connectivity index (χ3v) is 3.84. The molecule has 0 aliphatic carbocycles. The van der Waals surface area contributed by atoms with Crippen molar-refractivity contribution in [3.63, 3.8) is 0 Å². The fraction of sp³-hybridized carbons (Fsp3) is 0.538. The van der Waals surface area contributed by atoms with Gasteiger partial charge in [-0.25, -0.2) is 15.0 Å². The summed E-state index contributed by atoms with van der Waals surface area (Å²) in [6.07, 6.45) is -1.73. The van der Waals surface area contributed by atoms with Gasteiger partial charge in [0.15, 0.2) is 23.8 Å². The number of fused-ring (bicyclic) bond motifs is 1. The number of amides is 1. The van der Waals surface area contributed by atoms with Gasteiger partial charge in [-0.15, -0.1) is 0 Å². The number of nitrogens with one attached hydrogen (secondary N) is 1. The van der Waals surface area contributed by atoms with Crippen molar-refractivity contribution in [1.29, 1.82) is 0 Å². The summed E-state index contributed by atoms with van der Waals surface area (Å²) in [4.78, 5) is 24.1. The molecule has 1 fully saturated rings. The number of aromatic nitrogens is 4. The smallest absolute Gasteiger partial charge is 0.252 e. The molecule has 7 N–H and O–H groups in total. The number of anilines is 1. The van der Waals surface area contributed by atoms with Crippen LogP contribution in [0.1, 0.15) is 12.6 Å². The molecular weight excluding hydrogens is 318 g/mol. The first kappa shape index (κ1) is 16.5. The first-order valence-corrected chi connectivity index (χ1v) is 7.47. The summed E-state index contributed by atoms with van der Waals surface area (Å²) in [5.74, 6) is -0.334. The molecule has 11 heteroatoms. The summed E-state index contributed by atoms with van der Waals surface area (Å²) in [5.41, 5.74) is 11.8. The highest BCUT2D eigenvalue weighted by Gasteiger charge is 2.47. The zero-order valence-corrected chi connectivity index (χ0v) is 12.7. The van der Waals surface area contributed by atoms with Gasteiger partial charge in [0.25, 0.3) is 5.91 Å². The van der Waals surface area contributed by atoms with Gasteiger partial charge in [0.1, 0.15) is 24.1 Å². The van der Waals surface area contributed by atoms with Crippen molar-refractivity contribution in [2.45, 2.75) is 31.0 Å². The van der Waals surface area contributed by atoms with Crippen LogP contribution < -0.4 is 16.8 Å². The molecule has 11 nitrogen and oxygen atoms in total. The molecule has 0 bridgehead atoms. The minimum absolute atomic E-state index is 0.183. The summed E-state index contributed by atoms with van der Waals surface area (Å²) < 4.78 is 6.96. The molecular formula is C13H19N7O4. The Hall–Kier alpha value is -2.34. The van der Waals surface area contributed by atoms with E-state index in [1.165, 1.54) is 17.2 Å². The van der Waals surface area contributed by atoms with Gasteiger partial charge in [-0.3, -0.25) is 9.36 Å². The Morgan fingerprint density at radius 1 is 1.33 bits per heavy atom. The Bertz CT molecular complexity index is 736. The molecule has 1 aliphatic rings. The number of carbonyl (C=O) groups excluding carboxylic acids is 1. The molecule has 0 unspecified atom stereocenters. The zero-order chi connectivity index (χ0) is 17.3. The summed E-state index contributed by atoms with van der Waals surface area (Å²) in [6, 6.07) is 0. The highest BCUT2D eigenvalue weighted by molar-refractivity contribution is 5.82. The van der Waals surface area contributed by atoms with Crippen molar-refractivity contribution in [1.82, 2.24) is 24.8 Å². The second-order valence-electron chi connectivity index (χ2n) is 5.44. The van der Waals surface area contributed by atoms with Crippen LogP contribution in [0.2, 0.25) is 0 Å². The quantitative estimate of drug-likeness (QED) is 0.369. The van der Waals surface area contributed by atoms with Crippen LogP contribution in [-0.2, 0) is 9.53 Å². The lowest BCUT2D eigenvalue weighted by Crippen LogP contribution is -2.43. The van der Waals surface area contributed by atoms with Crippen LogP contribution in [0.15, 0.2) is 12.7 Å². The molecule has 1 amide bonds. The average molecular weight is 337 g/mol. The van der Waals surface area contributed by atoms with Crippen molar-refractivity contribution in [3.8, 4) is 0 Å². The van der Waals surface area contributed by atoms with E-state index in [4.69, 9.17) is 16.2 Å². The van der Waals surface area contributed by atoms with Crippen molar-refractivity contribution in [2.24, 2.45) is 5.73 Å². The standard InChI is InChI=1S/C13H19N7O4/c14-2-1-3-16-12(23)9-7(21)8(22)13(24-9)20-5-19-6-10(15)17-4-18-11(6)20/h4-5,7-9,13,21-22H,1-3,14H2,(H,16,23)(H2,15,17,18)/t7-,8+,9-,13+/m0/s1. The van der Waals surface area contributed by atoms with Crippen molar-refractivity contribution >= 4 is 22.9 Å². The van der Waals surface area contributed by atoms with E-state index in [0.29, 0.717) is 30.7 Å². The van der Waals surface area contributed by atoms with Crippen molar-refractivity contribution in [3.05, 3.63) is 12.7 Å². The first-order valence-electron chi connectivity index (χ1n) is 7.47. The number of aliphatic hydroxyl groups excluding tert-OH is 2. The van der Waals surface area contributed by atoms with Gasteiger partial charge in [0.05, 0.1) is 6.33 Å². The Morgan fingerprint density at radius 2 is 2.12 bits per heavy atom. The Labute approximate surface area is 136 Å². The zero-order valence-electron chi connectivity index (χ0n) is 12.7. The van der Waals surface area contributed by atoms with Crippen LogP contribution >= 0.6 is 0 Å². The van der Waals surface area contributed by atoms with Gasteiger partial charge in [-0.2, -0.15) is 0 Å². The van der Waals surface area contributed by atoms with Crippen LogP contribution in [0.3, 0.4) is 0 Å². The molecule has 130 valence electrons. The number of imidazole rings is 1. The molecule has 1 saturated heterocycles. The second kappa shape index (κ2) is 6.65. The van der Waals surface area contributed by atoms with E-state index < -0.39 is 30.4 Å². The largest absolute Gasteiger partial charge is 0.387 e. The lowest BCUT2D eigenvalue weighted by Gasteiger charge is -2.16. The molecule has 0 aromatic carbocycles. The number of rotatable bonds is 5. The maximum atomic E-state index is 12.1. The predicted molar refractivity (Wildman–Crippen MR) is 82.3 cm³/mol. The van der Waals surface area contributed by atoms with Crippen LogP contribution in [0.25, 0.3) is 11.2 Å². The Balaban J connectivity index is 1.81. The highest BCUT2D eigenvalue weighted by atomic mass is 16.6. The molecule has 24 heavy (non-hydrogen) atoms. The third kappa shape index (κ3) is 2.78. The monoisotopic (exact) mass is 337 g/mol. The van der Waals surface area contributed by atoms with Crippen molar-refractivity contribution < 1.29 is 19.7 Å². The van der Waals surface area contributed by atoms with Gasteiger partial charge in [0.2, 0.25) is 0 Å². The minimum Gasteiger partial charge on any atom is -0.387 e. The van der Waals surface area contributed by atoms with E-state index in [1.807, 2.05) is 0 Å². The summed E-state index contributed by atoms with van der Waals surface area (Å²) in [6.45, 7) is 0.794. The number of aliphatic hydroxyl groups is 2. The van der Waals surface area contributed by atoms with Gasteiger partial charge < -0.3 is 31.7 Å². The van der Waals surface area contributed by atoms with E-state index >= 15 is 0 Å². The van der Waals surface area contributed by atoms with E-state index in [9.17, 15) is 15.0 Å². The molecule has 4 atom stereocenters. The molecule has 0 spiro atoms. The fourth-order valence-corrected chi connectivity index (χ4v) is 2.58. The molecule has 2 aromatic heterocycles. The van der Waals surface area contributed by atoms with Crippen LogP contribution in [0.5, 0.6) is 0 Å². The third-order valence-electron chi connectivity index (χ3n) is 3.84. The van der Waals surface area contributed by atoms with Crippen LogP contribution in [0.4, 0.5) is 5.82 Å². The van der Waals surface area contributed by atoms with Crippen LogP contribution in [0, 0.1) is 0 Å². The molecule has 0 radical (unpaired) electrons. The van der Waals surface area contributed by atoms with E-state index in [2.05, 4.69) is 20.3 Å². The lowest BCUT2D eigenvalue weighted by molar-refractivity contribution is -0.137. The number of nitrogens with zero attached hydrogens (tertiary/aromatic N) is 4. The number of carbonyl (C=O) groups is 1. The number of nitrogens with two attached hydrogens (primary N) is 2. The highest BCUT2D eigenvalue weighted by Crippen LogP contribution is 2.31. The average Bonchev–Trinajstić information content (AvgIpc) is 3.11. The Kier molecular flexibility index (Phi) is 4.57. The van der Waals surface area contributed by atoms with E-state index in [1.54, 1.807) is 0 Å². The van der Waals surface area contributed by atoms with Gasteiger partial charge in [-0.1, -0.05) is 0 Å². The lowest BCUT2D eigenvalue weighted by atomic mass is 10.1. The number of ether oxygens (including phenoxy) is 1. The second-order valence-corrected chi connectivity index (χ2v) is 5.44. The van der Waals surface area contributed by atoms with Gasteiger partial charge >= 0.3 is 0 Å². The SMILES string of the molecule is NCCCNC(=O)[C@H]1O[C@@H](n2cnc3c(N)ncnc32)[C@H](O)[C@@H]1O. The normalized spacial score (nSPS) is 26.8. The summed E-state index contributed by atoms with van der Waals surface area (Å²) in [5, 5.41) is 23.0. The summed E-state index contributed by atoms with van der Waals surface area (Å²) >= 11 is 0. The molecule has 2 aromatic rings.